The molecule has 16 heteroatoms. The zero-order chi connectivity index (χ0) is 30.7. The highest BCUT2D eigenvalue weighted by atomic mass is 19.4. The minimum atomic E-state index is -5.08. The normalized spacial score (nSPS) is 17.9. The first-order valence-electron chi connectivity index (χ1n) is 12.1. The number of ether oxygens (including phenoxy) is 2. The molecule has 1 atom stereocenters. The maximum atomic E-state index is 12.6. The van der Waals surface area contributed by atoms with Crippen LogP contribution in [-0.4, -0.2) is 87.2 Å². The second-order valence-corrected chi connectivity index (χ2v) is 8.86. The smallest absolute Gasteiger partial charge is 0.490 e. The predicted octanol–water partition coefficient (Wildman–Crippen LogP) is 4.22. The Kier molecular flexibility index (Phi) is 11.9. The second-order valence-electron chi connectivity index (χ2n) is 8.86. The fourth-order valence-corrected chi connectivity index (χ4v) is 4.26. The van der Waals surface area contributed by atoms with Crippen LogP contribution in [0, 0.1) is 5.92 Å². The number of pyridine rings is 2. The van der Waals surface area contributed by atoms with Gasteiger partial charge in [-0.3, -0.25) is 14.8 Å². The lowest BCUT2D eigenvalue weighted by Crippen LogP contribution is -2.49. The van der Waals surface area contributed by atoms with Gasteiger partial charge >= 0.3 is 24.3 Å². The molecule has 226 valence electrons. The summed E-state index contributed by atoms with van der Waals surface area (Å²) < 4.78 is 75.5. The molecule has 41 heavy (non-hydrogen) atoms. The summed E-state index contributed by atoms with van der Waals surface area (Å²) >= 11 is 0. The van der Waals surface area contributed by atoms with E-state index in [2.05, 4.69) is 9.97 Å². The van der Waals surface area contributed by atoms with Crippen molar-refractivity contribution in [2.24, 2.45) is 5.92 Å². The monoisotopic (exact) mass is 595 g/mol. The van der Waals surface area contributed by atoms with Gasteiger partial charge in [-0.15, -0.1) is 0 Å². The first kappa shape index (κ1) is 33.3. The van der Waals surface area contributed by atoms with Gasteiger partial charge in [-0.05, 0) is 55.9 Å². The maximum Gasteiger partial charge on any atom is 0.490 e. The summed E-state index contributed by atoms with van der Waals surface area (Å²) in [5, 5.41) is 14.2. The number of carboxylic acids is 2. The highest BCUT2D eigenvalue weighted by Gasteiger charge is 2.46. The van der Waals surface area contributed by atoms with Crippen LogP contribution in [0.15, 0.2) is 49.1 Å². The standard InChI is InChI=1S/C21H25N3O3.2C2HF3O2/c25-20(17-3-10-22-11-4-17)24-12-7-21(8-13-24)18(6-15-27-21)5-14-26-19-2-1-9-23-16-19;2*3-2(4,5)1(6)7/h1-4,9-11,16,18H,5-8,12-15H2;2*(H,6,7). The maximum absolute atomic E-state index is 12.6. The van der Waals surface area contributed by atoms with Crippen molar-refractivity contribution in [1.29, 1.82) is 0 Å². The molecule has 2 aromatic rings. The average Bonchev–Trinajstić information content (AvgIpc) is 3.31. The zero-order valence-electron chi connectivity index (χ0n) is 21.4. The lowest BCUT2D eigenvalue weighted by Gasteiger charge is -2.42. The number of nitrogens with zero attached hydrogens (tertiary/aromatic N) is 3. The number of carbonyl (C=O) groups excluding carboxylic acids is 1. The van der Waals surface area contributed by atoms with Gasteiger partial charge in [-0.25, -0.2) is 9.59 Å². The van der Waals surface area contributed by atoms with Crippen LogP contribution in [0.1, 0.15) is 36.0 Å². The van der Waals surface area contributed by atoms with E-state index < -0.39 is 24.3 Å². The number of alkyl halides is 6. The number of likely N-dealkylation sites (tertiary alicyclic amines) is 1. The number of aromatic nitrogens is 2. The van der Waals surface area contributed by atoms with Crippen LogP contribution in [0.3, 0.4) is 0 Å². The molecule has 4 heterocycles. The Morgan fingerprint density at radius 3 is 2.00 bits per heavy atom. The van der Waals surface area contributed by atoms with Gasteiger partial charge < -0.3 is 24.6 Å². The Morgan fingerprint density at radius 2 is 1.51 bits per heavy atom. The number of amides is 1. The van der Waals surface area contributed by atoms with E-state index in [1.807, 2.05) is 17.0 Å². The van der Waals surface area contributed by atoms with Crippen LogP contribution in [0.2, 0.25) is 0 Å². The molecule has 2 saturated heterocycles. The molecule has 1 unspecified atom stereocenters. The lowest BCUT2D eigenvalue weighted by molar-refractivity contribution is -0.193. The second kappa shape index (κ2) is 14.6. The fourth-order valence-electron chi connectivity index (χ4n) is 4.26. The van der Waals surface area contributed by atoms with E-state index >= 15 is 0 Å². The van der Waals surface area contributed by atoms with E-state index in [9.17, 15) is 31.1 Å². The van der Waals surface area contributed by atoms with Crippen molar-refractivity contribution in [1.82, 2.24) is 14.9 Å². The number of halogens is 6. The van der Waals surface area contributed by atoms with Crippen molar-refractivity contribution in [2.75, 3.05) is 26.3 Å². The highest BCUT2D eigenvalue weighted by molar-refractivity contribution is 5.94. The number of carboxylic acid groups (broad SMARTS) is 2. The Balaban J connectivity index is 0.000000349. The third-order valence-electron chi connectivity index (χ3n) is 6.28. The van der Waals surface area contributed by atoms with Gasteiger partial charge in [0.2, 0.25) is 0 Å². The fraction of sp³-hybridized carbons (Fsp3) is 0.480. The van der Waals surface area contributed by atoms with Crippen LogP contribution in [-0.2, 0) is 14.3 Å². The highest BCUT2D eigenvalue weighted by Crippen LogP contribution is 2.42. The molecular formula is C25H27F6N3O7. The van der Waals surface area contributed by atoms with Crippen LogP contribution < -0.4 is 4.74 Å². The summed E-state index contributed by atoms with van der Waals surface area (Å²) in [6.07, 6.45) is 0.455. The van der Waals surface area contributed by atoms with Crippen molar-refractivity contribution in [3.8, 4) is 5.75 Å². The van der Waals surface area contributed by atoms with Gasteiger partial charge in [-0.1, -0.05) is 0 Å². The molecule has 0 bridgehead atoms. The Hall–Kier alpha value is -3.95. The molecular weight excluding hydrogens is 568 g/mol. The van der Waals surface area contributed by atoms with E-state index in [0.29, 0.717) is 18.1 Å². The number of rotatable bonds is 5. The molecule has 2 fully saturated rings. The Morgan fingerprint density at radius 1 is 0.951 bits per heavy atom. The molecule has 1 amide bonds. The summed E-state index contributed by atoms with van der Waals surface area (Å²) in [5.41, 5.74) is 0.600. The minimum absolute atomic E-state index is 0.0849. The minimum Gasteiger partial charge on any atom is -0.492 e. The quantitative estimate of drug-likeness (QED) is 0.487. The summed E-state index contributed by atoms with van der Waals surface area (Å²) in [6, 6.07) is 7.36. The van der Waals surface area contributed by atoms with E-state index in [1.165, 1.54) is 0 Å². The van der Waals surface area contributed by atoms with Crippen LogP contribution in [0.5, 0.6) is 5.75 Å². The van der Waals surface area contributed by atoms with Crippen molar-refractivity contribution in [3.05, 3.63) is 54.6 Å². The predicted molar refractivity (Wildman–Crippen MR) is 128 cm³/mol. The molecule has 0 radical (unpaired) electrons. The number of hydrogen-bond acceptors (Lipinski definition) is 7. The zero-order valence-corrected chi connectivity index (χ0v) is 21.4. The van der Waals surface area contributed by atoms with E-state index in [4.69, 9.17) is 29.3 Å². The van der Waals surface area contributed by atoms with Gasteiger partial charge in [0.1, 0.15) is 5.75 Å². The number of piperidine rings is 1. The van der Waals surface area contributed by atoms with Crippen molar-refractivity contribution < 1.29 is 60.4 Å². The SMILES string of the molecule is O=C(O)C(F)(F)F.O=C(O)C(F)(F)F.O=C(c1ccncc1)N1CCC2(CC1)OCCC2CCOc1cccnc1. The number of hydrogen-bond donors (Lipinski definition) is 2. The molecule has 2 aliphatic rings. The largest absolute Gasteiger partial charge is 0.492 e. The first-order valence-corrected chi connectivity index (χ1v) is 12.1. The molecule has 2 N–H and O–H groups in total. The van der Waals surface area contributed by atoms with E-state index in [1.54, 1.807) is 36.9 Å². The summed E-state index contributed by atoms with van der Waals surface area (Å²) in [7, 11) is 0. The molecule has 2 aliphatic heterocycles. The summed E-state index contributed by atoms with van der Waals surface area (Å²) in [5.74, 6) is -4.14. The van der Waals surface area contributed by atoms with Crippen molar-refractivity contribution in [3.63, 3.8) is 0 Å². The van der Waals surface area contributed by atoms with Crippen molar-refractivity contribution in [2.45, 2.75) is 43.6 Å². The van der Waals surface area contributed by atoms with Gasteiger partial charge in [-0.2, -0.15) is 26.3 Å². The topological polar surface area (TPSA) is 139 Å². The molecule has 2 aromatic heterocycles. The van der Waals surface area contributed by atoms with E-state index in [0.717, 1.165) is 51.1 Å². The summed E-state index contributed by atoms with van der Waals surface area (Å²) in [4.78, 5) is 40.4. The third-order valence-corrected chi connectivity index (χ3v) is 6.28. The summed E-state index contributed by atoms with van der Waals surface area (Å²) in [6.45, 7) is 2.94. The van der Waals surface area contributed by atoms with E-state index in [-0.39, 0.29) is 11.5 Å². The van der Waals surface area contributed by atoms with Gasteiger partial charge in [0.25, 0.3) is 5.91 Å². The molecule has 4 rings (SSSR count). The Labute approximate surface area is 229 Å². The third kappa shape index (κ3) is 10.5. The lowest BCUT2D eigenvalue weighted by atomic mass is 9.78. The van der Waals surface area contributed by atoms with Crippen LogP contribution >= 0.6 is 0 Å². The van der Waals surface area contributed by atoms with Gasteiger partial charge in [0.05, 0.1) is 18.4 Å². The first-order chi connectivity index (χ1) is 19.2. The molecule has 1 spiro atoms. The molecule has 0 aromatic carbocycles. The number of carbonyl (C=O) groups is 3. The van der Waals surface area contributed by atoms with Crippen molar-refractivity contribution >= 4 is 17.8 Å². The van der Waals surface area contributed by atoms with Crippen LogP contribution in [0.25, 0.3) is 0 Å². The van der Waals surface area contributed by atoms with Gasteiger partial charge in [0, 0.05) is 43.9 Å². The number of aliphatic carboxylic acids is 2. The molecule has 0 saturated carbocycles. The molecule has 0 aliphatic carbocycles. The van der Waals surface area contributed by atoms with Crippen LogP contribution in [0.4, 0.5) is 26.3 Å². The van der Waals surface area contributed by atoms with Gasteiger partial charge in [0.15, 0.2) is 0 Å². The molecule has 10 nitrogen and oxygen atoms in total. The average molecular weight is 595 g/mol. The Bertz CT molecular complexity index is 1100.